The van der Waals surface area contributed by atoms with Crippen LogP contribution in [0.15, 0.2) is 142 Å². The summed E-state index contributed by atoms with van der Waals surface area (Å²) in [4.78, 5) is 16.8. The maximum atomic E-state index is 6.54. The van der Waals surface area contributed by atoms with E-state index >= 15 is 0 Å². The largest absolute Gasteiger partial charge is 0.456 e. The Hall–Kier alpha value is -6.37. The molecule has 0 saturated carbocycles. The molecule has 0 bridgehead atoms. The number of fused-ring (bicyclic) bond motifs is 9. The van der Waals surface area contributed by atoms with Crippen LogP contribution in [0.1, 0.15) is 16.9 Å². The standard InChI is InChI=1S/C45H27N3O2S/c1-2-10-26(11-3-1)43-46-44(28-20-22-32-31-13-5-7-19-39(31)51-40(32)25-28)48-45(47-43)33-15-9-18-38-42(33)41-29(14-8-17-37(41)50-38)27-21-23-36-34(24-27)30-12-4-6-16-35(30)49-36/h1-4,6-12,14-25H,5,13H2. The van der Waals surface area contributed by atoms with E-state index in [9.17, 15) is 0 Å². The first kappa shape index (κ1) is 28.5. The molecule has 11 rings (SSSR count). The summed E-state index contributed by atoms with van der Waals surface area (Å²) in [6.45, 7) is 0. The molecule has 51 heavy (non-hydrogen) atoms. The molecule has 0 fully saturated rings. The Morgan fingerprint density at radius 3 is 2.06 bits per heavy atom. The molecule has 4 heterocycles. The SMILES string of the molecule is C1=Cc2sc3cc(-c4nc(-c5ccccc5)nc(-c5cccc6oc7cccc(-c8ccc9oc%10ccccc%10c9c8)c7c56)n4)ccc3c2CC1. The molecule has 0 unspecified atom stereocenters. The number of aromatic nitrogens is 3. The van der Waals surface area contributed by atoms with Gasteiger partial charge in [-0.3, -0.25) is 0 Å². The van der Waals surface area contributed by atoms with Crippen molar-refractivity contribution in [1.29, 1.82) is 0 Å². The smallest absolute Gasteiger partial charge is 0.164 e. The van der Waals surface area contributed by atoms with Crippen molar-refractivity contribution >= 4 is 71.4 Å². The number of furan rings is 2. The lowest BCUT2D eigenvalue weighted by Gasteiger charge is -2.10. The molecule has 0 radical (unpaired) electrons. The van der Waals surface area contributed by atoms with E-state index in [2.05, 4.69) is 78.9 Å². The summed E-state index contributed by atoms with van der Waals surface area (Å²) in [7, 11) is 0. The fourth-order valence-electron chi connectivity index (χ4n) is 7.65. The van der Waals surface area contributed by atoms with Gasteiger partial charge in [0.25, 0.3) is 0 Å². The molecule has 6 heteroatoms. The summed E-state index contributed by atoms with van der Waals surface area (Å²) in [5.74, 6) is 1.88. The molecule has 0 amide bonds. The Labute approximate surface area is 296 Å². The van der Waals surface area contributed by atoms with Crippen molar-refractivity contribution in [2.75, 3.05) is 0 Å². The summed E-state index contributed by atoms with van der Waals surface area (Å²) >= 11 is 1.84. The van der Waals surface area contributed by atoms with E-state index in [4.69, 9.17) is 23.8 Å². The topological polar surface area (TPSA) is 65.0 Å². The first-order chi connectivity index (χ1) is 25.2. The number of rotatable bonds is 4. The highest BCUT2D eigenvalue weighted by Crippen LogP contribution is 2.43. The van der Waals surface area contributed by atoms with Gasteiger partial charge < -0.3 is 8.83 Å². The lowest BCUT2D eigenvalue weighted by atomic mass is 9.96. The Bertz CT molecular complexity index is 3040. The van der Waals surface area contributed by atoms with E-state index in [-0.39, 0.29) is 0 Å². The monoisotopic (exact) mass is 673 g/mol. The maximum Gasteiger partial charge on any atom is 0.164 e. The maximum absolute atomic E-state index is 6.54. The van der Waals surface area contributed by atoms with Crippen LogP contribution in [0.2, 0.25) is 0 Å². The molecular weight excluding hydrogens is 647 g/mol. The third-order valence-electron chi connectivity index (χ3n) is 10.0. The van der Waals surface area contributed by atoms with Crippen molar-refractivity contribution in [3.8, 4) is 45.3 Å². The van der Waals surface area contributed by atoms with Crippen LogP contribution in [0, 0.1) is 0 Å². The zero-order chi connectivity index (χ0) is 33.5. The second kappa shape index (κ2) is 11.1. The van der Waals surface area contributed by atoms with Crippen LogP contribution in [0.3, 0.4) is 0 Å². The molecule has 0 aliphatic heterocycles. The molecule has 1 aliphatic rings. The van der Waals surface area contributed by atoms with Gasteiger partial charge in [0.05, 0.1) is 0 Å². The second-order valence-corrected chi connectivity index (χ2v) is 14.1. The third-order valence-corrected chi connectivity index (χ3v) is 11.2. The minimum absolute atomic E-state index is 0.603. The van der Waals surface area contributed by atoms with Crippen molar-refractivity contribution in [2.45, 2.75) is 12.8 Å². The van der Waals surface area contributed by atoms with Crippen molar-refractivity contribution in [3.05, 3.63) is 144 Å². The Kier molecular flexibility index (Phi) is 6.18. The fraction of sp³-hybridized carbons (Fsp3) is 0.0444. The van der Waals surface area contributed by atoms with Crippen LogP contribution in [0.5, 0.6) is 0 Å². The van der Waals surface area contributed by atoms with Gasteiger partial charge in [0.1, 0.15) is 22.3 Å². The van der Waals surface area contributed by atoms with Gasteiger partial charge in [-0.15, -0.1) is 11.3 Å². The molecule has 240 valence electrons. The van der Waals surface area contributed by atoms with E-state index < -0.39 is 0 Å². The predicted molar refractivity (Wildman–Crippen MR) is 209 cm³/mol. The van der Waals surface area contributed by atoms with E-state index in [0.717, 1.165) is 84.5 Å². The van der Waals surface area contributed by atoms with Crippen LogP contribution >= 0.6 is 11.3 Å². The van der Waals surface area contributed by atoms with Crippen LogP contribution in [-0.4, -0.2) is 15.0 Å². The van der Waals surface area contributed by atoms with Crippen LogP contribution in [-0.2, 0) is 6.42 Å². The average molecular weight is 674 g/mol. The van der Waals surface area contributed by atoms with E-state index in [1.165, 1.54) is 20.5 Å². The van der Waals surface area contributed by atoms with Crippen LogP contribution in [0.4, 0.5) is 0 Å². The van der Waals surface area contributed by atoms with Crippen LogP contribution in [0.25, 0.3) is 105 Å². The van der Waals surface area contributed by atoms with Gasteiger partial charge in [0, 0.05) is 47.8 Å². The first-order valence-electron chi connectivity index (χ1n) is 17.2. The number of benzene rings is 6. The van der Waals surface area contributed by atoms with Crippen molar-refractivity contribution < 1.29 is 8.83 Å². The summed E-state index contributed by atoms with van der Waals surface area (Å²) in [6, 6.07) is 43.8. The summed E-state index contributed by atoms with van der Waals surface area (Å²) in [5, 5.41) is 5.51. The van der Waals surface area contributed by atoms with Gasteiger partial charge >= 0.3 is 0 Å². The molecule has 0 N–H and O–H groups in total. The summed E-state index contributed by atoms with van der Waals surface area (Å²) < 4.78 is 14.0. The number of aryl methyl sites for hydroxylation is 1. The van der Waals surface area contributed by atoms with Gasteiger partial charge in [-0.1, -0.05) is 97.1 Å². The van der Waals surface area contributed by atoms with Crippen molar-refractivity contribution in [1.82, 2.24) is 15.0 Å². The second-order valence-electron chi connectivity index (χ2n) is 13.0. The third kappa shape index (κ3) is 4.50. The number of hydrogen-bond donors (Lipinski definition) is 0. The van der Waals surface area contributed by atoms with Crippen molar-refractivity contribution in [2.24, 2.45) is 0 Å². The first-order valence-corrected chi connectivity index (χ1v) is 18.0. The molecular formula is C45H27N3O2S. The highest BCUT2D eigenvalue weighted by Gasteiger charge is 2.21. The van der Waals surface area contributed by atoms with Gasteiger partial charge in [0.15, 0.2) is 17.5 Å². The molecule has 0 spiro atoms. The zero-order valence-corrected chi connectivity index (χ0v) is 28.1. The minimum Gasteiger partial charge on any atom is -0.456 e. The predicted octanol–water partition coefficient (Wildman–Crippen LogP) is 12.5. The molecule has 1 aliphatic carbocycles. The van der Waals surface area contributed by atoms with Gasteiger partial charge in [-0.25, -0.2) is 15.0 Å². The molecule has 0 saturated heterocycles. The highest BCUT2D eigenvalue weighted by atomic mass is 32.1. The molecule has 4 aromatic heterocycles. The normalized spacial score (nSPS) is 12.9. The highest BCUT2D eigenvalue weighted by molar-refractivity contribution is 7.20. The Balaban J connectivity index is 1.14. The number of allylic oxidation sites excluding steroid dienone is 1. The van der Waals surface area contributed by atoms with E-state index in [1.54, 1.807) is 0 Å². The number of para-hydroxylation sites is 1. The lowest BCUT2D eigenvalue weighted by molar-refractivity contribution is 0.669. The van der Waals surface area contributed by atoms with Crippen molar-refractivity contribution in [3.63, 3.8) is 0 Å². The molecule has 10 aromatic rings. The van der Waals surface area contributed by atoms with E-state index in [0.29, 0.717) is 17.5 Å². The average Bonchev–Trinajstić information content (AvgIpc) is 3.88. The quantitative estimate of drug-likeness (QED) is 0.186. The number of hydrogen-bond acceptors (Lipinski definition) is 6. The Morgan fingerprint density at radius 1 is 0.490 bits per heavy atom. The molecule has 5 nitrogen and oxygen atoms in total. The van der Waals surface area contributed by atoms with Crippen LogP contribution < -0.4 is 0 Å². The summed E-state index contributed by atoms with van der Waals surface area (Å²) in [6.07, 6.45) is 6.70. The molecule has 0 atom stereocenters. The van der Waals surface area contributed by atoms with E-state index in [1.807, 2.05) is 72.0 Å². The minimum atomic E-state index is 0.603. The van der Waals surface area contributed by atoms with Gasteiger partial charge in [0.2, 0.25) is 0 Å². The molecule has 6 aromatic carbocycles. The number of thiophene rings is 1. The van der Waals surface area contributed by atoms with Gasteiger partial charge in [-0.05, 0) is 77.4 Å². The lowest BCUT2D eigenvalue weighted by Crippen LogP contribution is -2.00. The fourth-order valence-corrected chi connectivity index (χ4v) is 8.87. The van der Waals surface area contributed by atoms with Gasteiger partial charge in [-0.2, -0.15) is 0 Å². The number of nitrogens with zero attached hydrogens (tertiary/aromatic N) is 3. The Morgan fingerprint density at radius 2 is 1.18 bits per heavy atom. The summed E-state index contributed by atoms with van der Waals surface area (Å²) in [5.41, 5.74) is 9.75. The zero-order valence-electron chi connectivity index (χ0n) is 27.3.